The maximum Gasteiger partial charge on any atom is 4.00 e. The van der Waals surface area contributed by atoms with Crippen molar-refractivity contribution >= 4 is 52.6 Å². The van der Waals surface area contributed by atoms with Gasteiger partial charge in [0.1, 0.15) is 0 Å². The van der Waals surface area contributed by atoms with Crippen LogP contribution in [0.25, 0.3) is 0 Å². The first-order valence-corrected chi connectivity index (χ1v) is 19.4. The summed E-state index contributed by atoms with van der Waals surface area (Å²) < 4.78 is 6.88. The van der Waals surface area contributed by atoms with Crippen molar-refractivity contribution in [2.45, 2.75) is 41.5 Å². The zero-order valence-electron chi connectivity index (χ0n) is 12.0. The molecule has 0 atom stereocenters. The third-order valence-corrected chi connectivity index (χ3v) is 23.9. The Hall–Kier alpha value is 2.92. The molecule has 19 heavy (non-hydrogen) atoms. The van der Waals surface area contributed by atoms with E-state index >= 15 is 0 Å². The van der Waals surface area contributed by atoms with Crippen LogP contribution in [0.4, 0.5) is 0 Å². The van der Waals surface area contributed by atoms with Crippen LogP contribution in [0.15, 0.2) is 19.9 Å². The average Bonchev–Trinajstić information content (AvgIpc) is 2.70. The summed E-state index contributed by atoms with van der Waals surface area (Å²) in [6.45, 7) is 13.7. The summed E-state index contributed by atoms with van der Waals surface area (Å²) in [5.41, 5.74) is 3.26. The van der Waals surface area contributed by atoms with E-state index in [1.807, 2.05) is 0 Å². The monoisotopic (exact) mass is 622 g/mol. The van der Waals surface area contributed by atoms with Crippen molar-refractivity contribution in [3.63, 3.8) is 0 Å². The number of halogens is 2. The van der Waals surface area contributed by atoms with E-state index in [-0.39, 0.29) is 51.0 Å². The summed E-state index contributed by atoms with van der Waals surface area (Å²) in [4.78, 5) is 0. The quantitative estimate of drug-likeness (QED) is 0.193. The predicted molar refractivity (Wildman–Crippen MR) is 77.6 cm³/mol. The first-order valence-electron chi connectivity index (χ1n) is 5.29. The van der Waals surface area contributed by atoms with Crippen molar-refractivity contribution in [2.24, 2.45) is 0 Å². The third kappa shape index (κ3) is 8.95. The van der Waals surface area contributed by atoms with Gasteiger partial charge in [0.2, 0.25) is 0 Å². The SMILES string of the molecule is CC1=C(C)[C-](C)[As]=[As]1.CC1=C(C)[C-](C)[As]=[As]1.[Cl-].[Cl-].[Zr+4]. The van der Waals surface area contributed by atoms with Crippen LogP contribution in [-0.2, 0) is 26.2 Å². The van der Waals surface area contributed by atoms with E-state index in [9.17, 15) is 0 Å². The maximum absolute atomic E-state index is 2.29. The number of allylic oxidation sites excluding steroid dienone is 4. The molecular formula is C12H18As4Cl2Zr. The van der Waals surface area contributed by atoms with Gasteiger partial charge in [-0.2, -0.15) is 0 Å². The van der Waals surface area contributed by atoms with Gasteiger partial charge in [-0.1, -0.05) is 0 Å². The van der Waals surface area contributed by atoms with E-state index in [1.165, 1.54) is 0 Å². The Morgan fingerprint density at radius 3 is 1.00 bits per heavy atom. The summed E-state index contributed by atoms with van der Waals surface area (Å²) in [6.07, 6.45) is 0. The molecule has 0 aromatic rings. The normalized spacial score (nSPS) is 19.1. The van der Waals surface area contributed by atoms with Gasteiger partial charge >= 0.3 is 150 Å². The van der Waals surface area contributed by atoms with Crippen LogP contribution < -0.4 is 24.8 Å². The minimum atomic E-state index is 0. The van der Waals surface area contributed by atoms with Crippen molar-refractivity contribution in [3.05, 3.63) is 29.3 Å². The van der Waals surface area contributed by atoms with Gasteiger partial charge in [-0.05, 0) is 0 Å². The molecule has 104 valence electrons. The minimum Gasteiger partial charge on any atom is -1.00 e. The fourth-order valence-corrected chi connectivity index (χ4v) is 19.0. The molecule has 0 aliphatic carbocycles. The van der Waals surface area contributed by atoms with Gasteiger partial charge in [0.25, 0.3) is 0 Å². The number of hydrogen-bond acceptors (Lipinski definition) is 0. The molecule has 2 aliphatic rings. The van der Waals surface area contributed by atoms with Crippen molar-refractivity contribution in [1.82, 2.24) is 0 Å². The second-order valence-corrected chi connectivity index (χ2v) is 20.0. The van der Waals surface area contributed by atoms with Crippen LogP contribution in [0.2, 0.25) is 0 Å². The smallest absolute Gasteiger partial charge is 1.00 e. The van der Waals surface area contributed by atoms with E-state index in [4.69, 9.17) is 0 Å². The van der Waals surface area contributed by atoms with Crippen molar-refractivity contribution < 1.29 is 51.0 Å². The zero-order chi connectivity index (χ0) is 12.3. The topological polar surface area (TPSA) is 0 Å². The molecule has 0 saturated carbocycles. The summed E-state index contributed by atoms with van der Waals surface area (Å²) in [7, 11) is 0. The van der Waals surface area contributed by atoms with Crippen LogP contribution in [0.3, 0.4) is 0 Å². The predicted octanol–water partition coefficient (Wildman–Crippen LogP) is -3.66. The van der Waals surface area contributed by atoms with E-state index in [2.05, 4.69) is 41.5 Å². The Morgan fingerprint density at radius 1 is 0.684 bits per heavy atom. The Labute approximate surface area is 172 Å². The van der Waals surface area contributed by atoms with Crippen LogP contribution in [-0.4, -0.2) is 52.6 Å². The Bertz CT molecular complexity index is 365. The number of rotatable bonds is 0. The summed E-state index contributed by atoms with van der Waals surface area (Å²) in [5, 5.41) is 0. The molecule has 0 radical (unpaired) electrons. The standard InChI is InChI=1S/2C6H9As2.2ClH.Zr/c2*1-4-5(2)7-8-6(4)3;;;/h2*1-3H3;2*1H;/q2*-1;;;+4/p-2. The number of hydrogen-bond donors (Lipinski definition) is 0. The van der Waals surface area contributed by atoms with Gasteiger partial charge < -0.3 is 24.8 Å². The zero-order valence-corrected chi connectivity index (χ0v) is 23.5. The molecule has 0 nitrogen and oxygen atoms in total. The van der Waals surface area contributed by atoms with E-state index < -0.39 is 0 Å². The van der Waals surface area contributed by atoms with Gasteiger partial charge in [0, 0.05) is 0 Å². The Balaban J connectivity index is -0.000000233. The van der Waals surface area contributed by atoms with Crippen LogP contribution in [0.5, 0.6) is 0 Å². The van der Waals surface area contributed by atoms with E-state index in [0.717, 1.165) is 0 Å². The molecule has 2 aliphatic heterocycles. The minimum absolute atomic E-state index is 0. The van der Waals surface area contributed by atoms with Gasteiger partial charge in [-0.3, -0.25) is 0 Å². The first kappa shape index (κ1) is 26.8. The molecular weight excluding hydrogens is 606 g/mol. The van der Waals surface area contributed by atoms with Crippen molar-refractivity contribution in [1.29, 1.82) is 0 Å². The molecule has 0 aromatic heterocycles. The van der Waals surface area contributed by atoms with Crippen LogP contribution in [0.1, 0.15) is 41.5 Å². The largest absolute Gasteiger partial charge is 4.00 e. The summed E-state index contributed by atoms with van der Waals surface area (Å²) in [5.74, 6) is 0. The Morgan fingerprint density at radius 2 is 0.947 bits per heavy atom. The second-order valence-electron chi connectivity index (χ2n) is 3.99. The van der Waals surface area contributed by atoms with Crippen LogP contribution in [0, 0.1) is 9.41 Å². The molecule has 7 heteroatoms. The molecule has 0 bridgehead atoms. The van der Waals surface area contributed by atoms with Gasteiger partial charge in [0.05, 0.1) is 0 Å². The molecule has 0 fully saturated rings. The first-order chi connectivity index (χ1) is 7.43. The molecule has 0 aromatic carbocycles. The molecule has 2 rings (SSSR count). The molecule has 0 N–H and O–H groups in total. The molecule has 0 saturated heterocycles. The van der Waals surface area contributed by atoms with Crippen LogP contribution >= 0.6 is 0 Å². The van der Waals surface area contributed by atoms with Gasteiger partial charge in [-0.15, -0.1) is 0 Å². The average molecular weight is 624 g/mol. The fourth-order valence-electron chi connectivity index (χ4n) is 1.12. The maximum atomic E-state index is 2.29. The third-order valence-electron chi connectivity index (χ3n) is 2.87. The summed E-state index contributed by atoms with van der Waals surface area (Å²) in [6, 6.07) is 0. The fraction of sp³-hybridized carbons (Fsp3) is 0.500. The molecule has 2 heterocycles. The Kier molecular flexibility index (Phi) is 18.8. The van der Waals surface area contributed by atoms with Gasteiger partial charge in [-0.25, -0.2) is 0 Å². The van der Waals surface area contributed by atoms with Crippen molar-refractivity contribution in [3.8, 4) is 0 Å². The van der Waals surface area contributed by atoms with Gasteiger partial charge in [0.15, 0.2) is 0 Å². The summed E-state index contributed by atoms with van der Waals surface area (Å²) >= 11 is 2.65. The molecule has 0 unspecified atom stereocenters. The molecule has 0 amide bonds. The van der Waals surface area contributed by atoms with Crippen molar-refractivity contribution in [2.75, 3.05) is 0 Å². The molecule has 0 spiro atoms. The van der Waals surface area contributed by atoms with E-state index in [0.29, 0.717) is 52.6 Å². The van der Waals surface area contributed by atoms with E-state index in [1.54, 1.807) is 29.3 Å². The second kappa shape index (κ2) is 13.4.